The molecule has 0 saturated carbocycles. The first kappa shape index (κ1) is 18.8. The van der Waals surface area contributed by atoms with Gasteiger partial charge >= 0.3 is 5.97 Å². The van der Waals surface area contributed by atoms with Crippen LogP contribution in [0.15, 0.2) is 47.1 Å². The summed E-state index contributed by atoms with van der Waals surface area (Å²) < 4.78 is 9.99. The minimum atomic E-state index is -0.322. The van der Waals surface area contributed by atoms with Gasteiger partial charge in [0.05, 0.1) is 26.3 Å². The third-order valence-corrected chi connectivity index (χ3v) is 4.07. The van der Waals surface area contributed by atoms with Gasteiger partial charge in [0.1, 0.15) is 5.76 Å². The SMILES string of the molecule is COC(=O)CCN(Cc1ccco1)C(=O)CCCc1ccc(C)cc1. The lowest BCUT2D eigenvalue weighted by molar-refractivity contribution is -0.142. The molecule has 2 aromatic rings. The Morgan fingerprint density at radius 2 is 1.88 bits per heavy atom. The fraction of sp³-hybridized carbons (Fsp3) is 0.400. The summed E-state index contributed by atoms with van der Waals surface area (Å²) in [5, 5.41) is 0. The van der Waals surface area contributed by atoms with Crippen LogP contribution < -0.4 is 0 Å². The average Bonchev–Trinajstić information content (AvgIpc) is 3.13. The number of methoxy groups -OCH3 is 1. The predicted molar refractivity (Wildman–Crippen MR) is 94.9 cm³/mol. The molecule has 0 radical (unpaired) electrons. The van der Waals surface area contributed by atoms with Gasteiger partial charge in [0.25, 0.3) is 0 Å². The number of hydrogen-bond donors (Lipinski definition) is 0. The van der Waals surface area contributed by atoms with Crippen LogP contribution in [0, 0.1) is 6.92 Å². The zero-order valence-corrected chi connectivity index (χ0v) is 14.9. The minimum Gasteiger partial charge on any atom is -0.469 e. The summed E-state index contributed by atoms with van der Waals surface area (Å²) in [7, 11) is 1.35. The van der Waals surface area contributed by atoms with Gasteiger partial charge in [0, 0.05) is 13.0 Å². The Labute approximate surface area is 148 Å². The molecule has 0 saturated heterocycles. The molecule has 0 N–H and O–H groups in total. The summed E-state index contributed by atoms with van der Waals surface area (Å²) in [5.74, 6) is 0.404. The van der Waals surface area contributed by atoms with Gasteiger partial charge in [0.15, 0.2) is 0 Å². The second-order valence-corrected chi connectivity index (χ2v) is 6.06. The van der Waals surface area contributed by atoms with E-state index in [0.29, 0.717) is 25.3 Å². The molecule has 0 spiro atoms. The second-order valence-electron chi connectivity index (χ2n) is 6.06. The van der Waals surface area contributed by atoms with Crippen LogP contribution in [0.25, 0.3) is 0 Å². The van der Waals surface area contributed by atoms with Crippen LogP contribution in [0.3, 0.4) is 0 Å². The Morgan fingerprint density at radius 1 is 1.12 bits per heavy atom. The standard InChI is InChI=1S/C20H25NO4/c1-16-8-10-17(11-9-16)5-3-7-19(22)21(13-12-20(23)24-2)15-18-6-4-14-25-18/h4,6,8-11,14H,3,5,7,12-13,15H2,1-2H3. The van der Waals surface area contributed by atoms with Crippen molar-refractivity contribution in [1.29, 1.82) is 0 Å². The quantitative estimate of drug-likeness (QED) is 0.654. The maximum atomic E-state index is 12.5. The van der Waals surface area contributed by atoms with Gasteiger partial charge in [0.2, 0.25) is 5.91 Å². The van der Waals surface area contributed by atoms with E-state index in [2.05, 4.69) is 35.9 Å². The van der Waals surface area contributed by atoms with Gasteiger partial charge in [-0.1, -0.05) is 29.8 Å². The Morgan fingerprint density at radius 3 is 2.52 bits per heavy atom. The van der Waals surface area contributed by atoms with Crippen molar-refractivity contribution >= 4 is 11.9 Å². The Kier molecular flexibility index (Phi) is 7.26. The van der Waals surface area contributed by atoms with Crippen molar-refractivity contribution in [1.82, 2.24) is 4.90 Å². The van der Waals surface area contributed by atoms with Crippen molar-refractivity contribution in [3.8, 4) is 0 Å². The molecule has 0 atom stereocenters. The number of rotatable bonds is 9. The van der Waals surface area contributed by atoms with Gasteiger partial charge < -0.3 is 14.1 Å². The zero-order chi connectivity index (χ0) is 18.1. The van der Waals surface area contributed by atoms with E-state index in [1.54, 1.807) is 17.2 Å². The third kappa shape index (κ3) is 6.45. The molecule has 1 aromatic heterocycles. The smallest absolute Gasteiger partial charge is 0.307 e. The zero-order valence-electron chi connectivity index (χ0n) is 14.9. The van der Waals surface area contributed by atoms with Crippen LogP contribution in [0.5, 0.6) is 0 Å². The average molecular weight is 343 g/mol. The van der Waals surface area contributed by atoms with E-state index in [1.165, 1.54) is 18.2 Å². The summed E-state index contributed by atoms with van der Waals surface area (Å²) >= 11 is 0. The van der Waals surface area contributed by atoms with Crippen LogP contribution in [-0.2, 0) is 27.3 Å². The fourth-order valence-corrected chi connectivity index (χ4v) is 2.57. The van der Waals surface area contributed by atoms with Crippen molar-refractivity contribution in [3.05, 3.63) is 59.5 Å². The lowest BCUT2D eigenvalue weighted by atomic mass is 10.1. The molecule has 2 rings (SSSR count). The van der Waals surface area contributed by atoms with Crippen LogP contribution in [0.4, 0.5) is 0 Å². The molecular formula is C20H25NO4. The first-order valence-corrected chi connectivity index (χ1v) is 8.51. The Balaban J connectivity index is 1.86. The highest BCUT2D eigenvalue weighted by atomic mass is 16.5. The van der Waals surface area contributed by atoms with Crippen molar-refractivity contribution in [2.75, 3.05) is 13.7 Å². The van der Waals surface area contributed by atoms with Crippen molar-refractivity contribution in [2.45, 2.75) is 39.2 Å². The van der Waals surface area contributed by atoms with E-state index in [1.807, 2.05) is 6.07 Å². The summed E-state index contributed by atoms with van der Waals surface area (Å²) in [6.07, 6.45) is 3.83. The highest BCUT2D eigenvalue weighted by molar-refractivity contribution is 5.77. The van der Waals surface area contributed by atoms with Crippen LogP contribution in [0.1, 0.15) is 36.1 Å². The minimum absolute atomic E-state index is 0.0208. The third-order valence-electron chi connectivity index (χ3n) is 4.07. The van der Waals surface area contributed by atoms with E-state index >= 15 is 0 Å². The molecule has 0 aliphatic heterocycles. The van der Waals surface area contributed by atoms with Gasteiger partial charge in [-0.2, -0.15) is 0 Å². The maximum absolute atomic E-state index is 12.5. The Hall–Kier alpha value is -2.56. The van der Waals surface area contributed by atoms with E-state index in [4.69, 9.17) is 4.42 Å². The molecule has 25 heavy (non-hydrogen) atoms. The molecule has 0 unspecified atom stereocenters. The normalized spacial score (nSPS) is 10.5. The summed E-state index contributed by atoms with van der Waals surface area (Å²) in [4.78, 5) is 25.6. The topological polar surface area (TPSA) is 59.8 Å². The monoisotopic (exact) mass is 343 g/mol. The van der Waals surface area contributed by atoms with E-state index < -0.39 is 0 Å². The van der Waals surface area contributed by atoms with E-state index in [-0.39, 0.29) is 18.3 Å². The maximum Gasteiger partial charge on any atom is 0.307 e. The highest BCUT2D eigenvalue weighted by Crippen LogP contribution is 2.12. The predicted octanol–water partition coefficient (Wildman–Crippen LogP) is 3.50. The van der Waals surface area contributed by atoms with Crippen molar-refractivity contribution < 1.29 is 18.7 Å². The molecule has 0 fully saturated rings. The molecule has 1 heterocycles. The van der Waals surface area contributed by atoms with E-state index in [9.17, 15) is 9.59 Å². The van der Waals surface area contributed by atoms with E-state index in [0.717, 1.165) is 12.8 Å². The fourth-order valence-electron chi connectivity index (χ4n) is 2.57. The number of furan rings is 1. The number of amides is 1. The number of carbonyl (C=O) groups is 2. The van der Waals surface area contributed by atoms with Gasteiger partial charge in [-0.25, -0.2) is 0 Å². The van der Waals surface area contributed by atoms with Gasteiger partial charge in [-0.3, -0.25) is 9.59 Å². The van der Waals surface area contributed by atoms with Gasteiger partial charge in [-0.05, 0) is 37.5 Å². The lowest BCUT2D eigenvalue weighted by Gasteiger charge is -2.21. The Bertz CT molecular complexity index is 662. The summed E-state index contributed by atoms with van der Waals surface area (Å²) in [5.41, 5.74) is 2.46. The number of nitrogens with zero attached hydrogens (tertiary/aromatic N) is 1. The molecule has 0 bridgehead atoms. The number of ether oxygens (including phenoxy) is 1. The summed E-state index contributed by atoms with van der Waals surface area (Å²) in [6.45, 7) is 2.76. The number of esters is 1. The molecule has 1 aromatic carbocycles. The molecule has 1 amide bonds. The lowest BCUT2D eigenvalue weighted by Crippen LogP contribution is -2.32. The van der Waals surface area contributed by atoms with Crippen LogP contribution >= 0.6 is 0 Å². The summed E-state index contributed by atoms with van der Waals surface area (Å²) in [6, 6.07) is 12.0. The number of hydrogen-bond acceptors (Lipinski definition) is 4. The van der Waals surface area contributed by atoms with Crippen LogP contribution in [0.2, 0.25) is 0 Å². The molecule has 5 heteroatoms. The van der Waals surface area contributed by atoms with Crippen molar-refractivity contribution in [2.24, 2.45) is 0 Å². The van der Waals surface area contributed by atoms with Gasteiger partial charge in [-0.15, -0.1) is 0 Å². The first-order valence-electron chi connectivity index (χ1n) is 8.51. The largest absolute Gasteiger partial charge is 0.469 e. The highest BCUT2D eigenvalue weighted by Gasteiger charge is 2.16. The number of carbonyl (C=O) groups excluding carboxylic acids is 2. The van der Waals surface area contributed by atoms with Crippen molar-refractivity contribution in [3.63, 3.8) is 0 Å². The first-order chi connectivity index (χ1) is 12.1. The molecule has 0 aliphatic rings. The molecule has 5 nitrogen and oxygen atoms in total. The van der Waals surface area contributed by atoms with Crippen LogP contribution in [-0.4, -0.2) is 30.4 Å². The second kappa shape index (κ2) is 9.67. The number of benzene rings is 1. The molecular weight excluding hydrogens is 318 g/mol. The molecule has 0 aliphatic carbocycles. The number of aryl methyl sites for hydroxylation is 2. The molecule has 134 valence electrons.